The summed E-state index contributed by atoms with van der Waals surface area (Å²) >= 11 is 6.42. The van der Waals surface area contributed by atoms with E-state index in [0.717, 1.165) is 5.39 Å². The van der Waals surface area contributed by atoms with Gasteiger partial charge in [0.1, 0.15) is 18.2 Å². The molecule has 3 heterocycles. The van der Waals surface area contributed by atoms with Crippen molar-refractivity contribution in [3.05, 3.63) is 45.0 Å². The predicted molar refractivity (Wildman–Crippen MR) is 123 cm³/mol. The molecule has 11 heteroatoms. The summed E-state index contributed by atoms with van der Waals surface area (Å²) in [5, 5.41) is 4.41. The SMILES string of the molecule is Cc1nc(N[C@@H](C)c2cc3cc(Cl)c(OCC4CC4)cc3[nH]c2=O)nc(N2CCOC2=O)n1. The Kier molecular flexibility index (Phi) is 5.53. The van der Waals surface area contributed by atoms with Crippen LogP contribution in [0.4, 0.5) is 16.7 Å². The fraction of sp³-hybridized carbons (Fsp3) is 0.409. The molecule has 2 fully saturated rings. The van der Waals surface area contributed by atoms with Crippen molar-refractivity contribution >= 4 is 40.5 Å². The smallest absolute Gasteiger partial charge is 0.416 e. The Morgan fingerprint density at radius 1 is 1.27 bits per heavy atom. The number of fused-ring (bicyclic) bond motifs is 1. The van der Waals surface area contributed by atoms with Gasteiger partial charge in [0, 0.05) is 17.0 Å². The van der Waals surface area contributed by atoms with E-state index in [2.05, 4.69) is 25.3 Å². The largest absolute Gasteiger partial charge is 0.492 e. The maximum atomic E-state index is 12.8. The fourth-order valence-electron chi connectivity index (χ4n) is 3.65. The third kappa shape index (κ3) is 4.56. The molecule has 1 saturated carbocycles. The Balaban J connectivity index is 1.40. The number of amides is 1. The summed E-state index contributed by atoms with van der Waals surface area (Å²) in [4.78, 5) is 41.8. The minimum Gasteiger partial charge on any atom is -0.492 e. The number of aromatic amines is 1. The number of carbonyl (C=O) groups is 1. The highest BCUT2D eigenvalue weighted by atomic mass is 35.5. The molecule has 1 amide bonds. The Hall–Kier alpha value is -3.40. The Morgan fingerprint density at radius 3 is 2.82 bits per heavy atom. The lowest BCUT2D eigenvalue weighted by atomic mass is 10.1. The number of nitrogens with zero attached hydrogens (tertiary/aromatic N) is 4. The van der Waals surface area contributed by atoms with Crippen molar-refractivity contribution in [3.63, 3.8) is 0 Å². The second-order valence-electron chi connectivity index (χ2n) is 8.32. The van der Waals surface area contributed by atoms with Gasteiger partial charge in [-0.1, -0.05) is 11.6 Å². The van der Waals surface area contributed by atoms with Crippen LogP contribution in [-0.4, -0.2) is 45.8 Å². The summed E-state index contributed by atoms with van der Waals surface area (Å²) in [5.74, 6) is 2.07. The number of H-pyrrole nitrogens is 1. The molecule has 5 rings (SSSR count). The summed E-state index contributed by atoms with van der Waals surface area (Å²) < 4.78 is 10.8. The number of rotatable bonds is 7. The maximum absolute atomic E-state index is 12.8. The molecule has 1 aromatic carbocycles. The molecule has 2 N–H and O–H groups in total. The zero-order chi connectivity index (χ0) is 23.1. The minimum atomic E-state index is -0.497. The number of pyridine rings is 1. The van der Waals surface area contributed by atoms with Crippen LogP contribution in [0, 0.1) is 12.8 Å². The summed E-state index contributed by atoms with van der Waals surface area (Å²) in [7, 11) is 0. The molecule has 0 unspecified atom stereocenters. The number of anilines is 2. The molecule has 0 bridgehead atoms. The fourth-order valence-corrected chi connectivity index (χ4v) is 3.87. The van der Waals surface area contributed by atoms with E-state index in [4.69, 9.17) is 21.1 Å². The lowest BCUT2D eigenvalue weighted by Crippen LogP contribution is -2.27. The molecule has 0 spiro atoms. The van der Waals surface area contributed by atoms with E-state index < -0.39 is 12.1 Å². The van der Waals surface area contributed by atoms with Crippen LogP contribution >= 0.6 is 11.6 Å². The van der Waals surface area contributed by atoms with Crippen molar-refractivity contribution < 1.29 is 14.3 Å². The Labute approximate surface area is 194 Å². The van der Waals surface area contributed by atoms with Gasteiger partial charge in [0.05, 0.1) is 29.7 Å². The van der Waals surface area contributed by atoms with Gasteiger partial charge in [0.25, 0.3) is 5.56 Å². The van der Waals surface area contributed by atoms with Crippen molar-refractivity contribution in [1.82, 2.24) is 19.9 Å². The maximum Gasteiger partial charge on any atom is 0.416 e. The number of cyclic esters (lactones) is 1. The number of carbonyl (C=O) groups excluding carboxylic acids is 1. The van der Waals surface area contributed by atoms with Gasteiger partial charge in [0.15, 0.2) is 0 Å². The van der Waals surface area contributed by atoms with Gasteiger partial charge in [-0.05, 0) is 44.7 Å². The zero-order valence-electron chi connectivity index (χ0n) is 18.2. The Morgan fingerprint density at radius 2 is 2.09 bits per heavy atom. The second-order valence-corrected chi connectivity index (χ2v) is 8.72. The van der Waals surface area contributed by atoms with E-state index in [9.17, 15) is 9.59 Å². The van der Waals surface area contributed by atoms with E-state index in [0.29, 0.717) is 46.7 Å². The molecule has 1 atom stereocenters. The monoisotopic (exact) mass is 470 g/mol. The third-order valence-corrected chi connectivity index (χ3v) is 5.94. The van der Waals surface area contributed by atoms with Crippen LogP contribution in [0.5, 0.6) is 5.75 Å². The number of ether oxygens (including phenoxy) is 2. The average Bonchev–Trinajstić information content (AvgIpc) is 3.50. The molecule has 1 aliphatic carbocycles. The lowest BCUT2D eigenvalue weighted by molar-refractivity contribution is 0.181. The molecular formula is C22H23ClN6O4. The molecule has 172 valence electrons. The predicted octanol–water partition coefficient (Wildman–Crippen LogP) is 3.59. The van der Waals surface area contributed by atoms with Crippen LogP contribution in [0.1, 0.15) is 37.2 Å². The summed E-state index contributed by atoms with van der Waals surface area (Å²) in [6.45, 7) is 4.82. The molecule has 33 heavy (non-hydrogen) atoms. The van der Waals surface area contributed by atoms with E-state index >= 15 is 0 Å². The number of aryl methyl sites for hydroxylation is 1. The summed E-state index contributed by atoms with van der Waals surface area (Å²) in [5.41, 5.74) is 0.898. The van der Waals surface area contributed by atoms with Crippen LogP contribution in [0.15, 0.2) is 23.0 Å². The first-order valence-electron chi connectivity index (χ1n) is 10.8. The van der Waals surface area contributed by atoms with E-state index in [-0.39, 0.29) is 24.1 Å². The van der Waals surface area contributed by atoms with Crippen LogP contribution in [-0.2, 0) is 4.74 Å². The molecule has 1 saturated heterocycles. The molecule has 2 aromatic heterocycles. The normalized spacial score (nSPS) is 16.7. The van der Waals surface area contributed by atoms with Gasteiger partial charge >= 0.3 is 6.09 Å². The van der Waals surface area contributed by atoms with Crippen molar-refractivity contribution in [3.8, 4) is 5.75 Å². The highest BCUT2D eigenvalue weighted by molar-refractivity contribution is 6.32. The van der Waals surface area contributed by atoms with Crippen LogP contribution in [0.2, 0.25) is 5.02 Å². The standard InChI is InChI=1S/C22H23ClN6O4/c1-11(24-20-25-12(2)26-21(28-20)29-5-6-32-22(29)31)15-7-14-8-16(23)18(33-10-13-3-4-13)9-17(14)27-19(15)30/h7-9,11,13H,3-6,10H2,1-2H3,(H,27,30)(H,24,25,26,28)/t11-/m0/s1. The van der Waals surface area contributed by atoms with E-state index in [1.54, 1.807) is 25.1 Å². The first-order chi connectivity index (χ1) is 15.9. The Bertz CT molecular complexity index is 1290. The lowest BCUT2D eigenvalue weighted by Gasteiger charge is -2.17. The van der Waals surface area contributed by atoms with Crippen molar-refractivity contribution in [2.24, 2.45) is 5.92 Å². The molecule has 1 aliphatic heterocycles. The van der Waals surface area contributed by atoms with Crippen LogP contribution in [0.3, 0.4) is 0 Å². The van der Waals surface area contributed by atoms with Gasteiger partial charge in [0.2, 0.25) is 11.9 Å². The van der Waals surface area contributed by atoms with Gasteiger partial charge in [-0.3, -0.25) is 4.79 Å². The summed E-state index contributed by atoms with van der Waals surface area (Å²) in [6.07, 6.45) is 1.87. The number of halogens is 1. The zero-order valence-corrected chi connectivity index (χ0v) is 19.0. The highest BCUT2D eigenvalue weighted by Gasteiger charge is 2.27. The average molecular weight is 471 g/mol. The van der Waals surface area contributed by atoms with E-state index in [1.165, 1.54) is 17.7 Å². The second kappa shape index (κ2) is 8.51. The molecule has 3 aromatic rings. The third-order valence-electron chi connectivity index (χ3n) is 5.65. The van der Waals surface area contributed by atoms with Crippen molar-refractivity contribution in [2.45, 2.75) is 32.7 Å². The molecule has 10 nitrogen and oxygen atoms in total. The van der Waals surface area contributed by atoms with Gasteiger partial charge < -0.3 is 19.8 Å². The van der Waals surface area contributed by atoms with Crippen LogP contribution in [0.25, 0.3) is 10.9 Å². The van der Waals surface area contributed by atoms with Crippen molar-refractivity contribution in [2.75, 3.05) is 30.0 Å². The minimum absolute atomic E-state index is 0.206. The number of aromatic nitrogens is 4. The number of nitrogens with one attached hydrogen (secondary N) is 2. The van der Waals surface area contributed by atoms with Crippen LogP contribution < -0.4 is 20.5 Å². The number of hydrogen-bond acceptors (Lipinski definition) is 8. The number of hydrogen-bond donors (Lipinski definition) is 2. The quantitative estimate of drug-likeness (QED) is 0.537. The first-order valence-corrected chi connectivity index (χ1v) is 11.2. The van der Waals surface area contributed by atoms with Gasteiger partial charge in [-0.25, -0.2) is 9.69 Å². The van der Waals surface area contributed by atoms with Gasteiger partial charge in [-0.15, -0.1) is 0 Å². The number of benzene rings is 1. The molecule has 0 radical (unpaired) electrons. The molecular weight excluding hydrogens is 448 g/mol. The first kappa shape index (κ1) is 21.4. The van der Waals surface area contributed by atoms with E-state index in [1.807, 2.05) is 6.92 Å². The van der Waals surface area contributed by atoms with Crippen molar-refractivity contribution in [1.29, 1.82) is 0 Å². The summed E-state index contributed by atoms with van der Waals surface area (Å²) in [6, 6.07) is 4.91. The molecule has 2 aliphatic rings. The highest BCUT2D eigenvalue weighted by Crippen LogP contribution is 2.34. The van der Waals surface area contributed by atoms with Gasteiger partial charge in [-0.2, -0.15) is 15.0 Å². The topological polar surface area (TPSA) is 122 Å².